The maximum Gasteiger partial charge on any atom is 0.236 e. The summed E-state index contributed by atoms with van der Waals surface area (Å²) in [6, 6.07) is 10.2. The Bertz CT molecular complexity index is 956. The predicted octanol–water partition coefficient (Wildman–Crippen LogP) is 1.90. The molecule has 2 aromatic rings. The van der Waals surface area contributed by atoms with Gasteiger partial charge in [-0.1, -0.05) is 18.2 Å². The van der Waals surface area contributed by atoms with Crippen LogP contribution < -0.4 is 5.32 Å². The Kier molecular flexibility index (Phi) is 6.52. The van der Waals surface area contributed by atoms with Crippen LogP contribution in [0.2, 0.25) is 0 Å². The van der Waals surface area contributed by atoms with Gasteiger partial charge in [0.1, 0.15) is 5.82 Å². The number of hydrogen-bond donors (Lipinski definition) is 1. The van der Waals surface area contributed by atoms with E-state index in [-0.39, 0.29) is 41.9 Å². The van der Waals surface area contributed by atoms with E-state index in [2.05, 4.69) is 10.2 Å². The maximum atomic E-state index is 13.3. The second-order valence-corrected chi connectivity index (χ2v) is 11.1. The highest BCUT2D eigenvalue weighted by Crippen LogP contribution is 2.26. The highest BCUT2D eigenvalue weighted by atomic mass is 32.2. The standard InChI is InChI=1S/C21H26FN3O3S2/c22-17-5-3-16(4-6-17)21(19-2-1-12-29-19)23-14-20(26)25-10-8-24(9-11-25)18-7-13-30(27,28)15-18/h1-6,12,18,21,23H,7-11,13-15H2/t18-,21+/m1/s1. The molecule has 0 radical (unpaired) electrons. The highest BCUT2D eigenvalue weighted by molar-refractivity contribution is 7.91. The Morgan fingerprint density at radius 2 is 1.90 bits per heavy atom. The molecule has 1 N–H and O–H groups in total. The number of benzene rings is 1. The van der Waals surface area contributed by atoms with Crippen molar-refractivity contribution in [1.29, 1.82) is 0 Å². The zero-order chi connectivity index (χ0) is 21.1. The molecule has 0 saturated carbocycles. The van der Waals surface area contributed by atoms with Crippen LogP contribution in [-0.2, 0) is 14.6 Å². The summed E-state index contributed by atoms with van der Waals surface area (Å²) >= 11 is 1.59. The minimum atomic E-state index is -2.90. The van der Waals surface area contributed by atoms with Crippen LogP contribution in [0.3, 0.4) is 0 Å². The zero-order valence-corrected chi connectivity index (χ0v) is 18.3. The molecule has 1 amide bonds. The van der Waals surface area contributed by atoms with Crippen LogP contribution in [0.1, 0.15) is 22.9 Å². The summed E-state index contributed by atoms with van der Waals surface area (Å²) in [5.41, 5.74) is 0.916. The SMILES string of the molecule is O=C(CN[C@@H](c1ccc(F)cc1)c1cccs1)N1CCN([C@@H]2CCS(=O)(=O)C2)CC1. The molecule has 9 heteroatoms. The van der Waals surface area contributed by atoms with Crippen molar-refractivity contribution < 1.29 is 17.6 Å². The van der Waals surface area contributed by atoms with E-state index in [0.717, 1.165) is 10.4 Å². The van der Waals surface area contributed by atoms with Crippen LogP contribution in [0.15, 0.2) is 41.8 Å². The number of thiophene rings is 1. The van der Waals surface area contributed by atoms with Gasteiger partial charge in [-0.25, -0.2) is 12.8 Å². The van der Waals surface area contributed by atoms with Crippen molar-refractivity contribution in [3.63, 3.8) is 0 Å². The minimum absolute atomic E-state index is 0.0253. The number of hydrogen-bond acceptors (Lipinski definition) is 6. The first-order valence-electron chi connectivity index (χ1n) is 10.2. The van der Waals surface area contributed by atoms with E-state index in [9.17, 15) is 17.6 Å². The minimum Gasteiger partial charge on any atom is -0.339 e. The quantitative estimate of drug-likeness (QED) is 0.727. The lowest BCUT2D eigenvalue weighted by Gasteiger charge is -2.37. The van der Waals surface area contributed by atoms with Gasteiger partial charge in [-0.3, -0.25) is 15.0 Å². The number of sulfone groups is 1. The van der Waals surface area contributed by atoms with Gasteiger partial charge in [-0.15, -0.1) is 11.3 Å². The lowest BCUT2D eigenvalue weighted by atomic mass is 10.1. The van der Waals surface area contributed by atoms with Gasteiger partial charge in [-0.2, -0.15) is 0 Å². The largest absolute Gasteiger partial charge is 0.339 e. The number of piperazine rings is 1. The fourth-order valence-electron chi connectivity index (χ4n) is 4.19. The molecule has 0 aliphatic carbocycles. The van der Waals surface area contributed by atoms with Gasteiger partial charge in [0.15, 0.2) is 9.84 Å². The van der Waals surface area contributed by atoms with Crippen LogP contribution in [0.5, 0.6) is 0 Å². The number of carbonyl (C=O) groups is 1. The van der Waals surface area contributed by atoms with Gasteiger partial charge in [0.25, 0.3) is 0 Å². The first-order valence-corrected chi connectivity index (χ1v) is 12.9. The molecule has 2 aliphatic rings. The fourth-order valence-corrected chi connectivity index (χ4v) is 6.78. The summed E-state index contributed by atoms with van der Waals surface area (Å²) in [6.45, 7) is 2.82. The van der Waals surface area contributed by atoms with Gasteiger partial charge < -0.3 is 4.90 Å². The number of carbonyl (C=O) groups excluding carboxylic acids is 1. The fraction of sp³-hybridized carbons (Fsp3) is 0.476. The average Bonchev–Trinajstić information content (AvgIpc) is 3.39. The van der Waals surface area contributed by atoms with Crippen LogP contribution in [0.4, 0.5) is 4.39 Å². The van der Waals surface area contributed by atoms with Crippen molar-refractivity contribution in [2.45, 2.75) is 18.5 Å². The van der Waals surface area contributed by atoms with Crippen molar-refractivity contribution in [1.82, 2.24) is 15.1 Å². The van der Waals surface area contributed by atoms with Crippen LogP contribution >= 0.6 is 11.3 Å². The van der Waals surface area contributed by atoms with Gasteiger partial charge in [-0.05, 0) is 35.6 Å². The van der Waals surface area contributed by atoms with E-state index in [1.54, 1.807) is 23.5 Å². The second kappa shape index (κ2) is 9.13. The molecule has 0 unspecified atom stereocenters. The monoisotopic (exact) mass is 451 g/mol. The molecule has 1 aromatic heterocycles. The smallest absolute Gasteiger partial charge is 0.236 e. The van der Waals surface area contributed by atoms with E-state index < -0.39 is 9.84 Å². The molecular weight excluding hydrogens is 425 g/mol. The Morgan fingerprint density at radius 3 is 2.50 bits per heavy atom. The topological polar surface area (TPSA) is 69.7 Å². The van der Waals surface area contributed by atoms with Crippen molar-refractivity contribution >= 4 is 27.1 Å². The zero-order valence-electron chi connectivity index (χ0n) is 16.7. The molecule has 0 spiro atoms. The number of nitrogens with zero attached hydrogens (tertiary/aromatic N) is 2. The van der Waals surface area contributed by atoms with E-state index in [1.165, 1.54) is 12.1 Å². The molecule has 3 heterocycles. The lowest BCUT2D eigenvalue weighted by molar-refractivity contribution is -0.132. The van der Waals surface area contributed by atoms with Crippen LogP contribution in [0, 0.1) is 5.82 Å². The molecule has 162 valence electrons. The van der Waals surface area contributed by atoms with Crippen molar-refractivity contribution in [2.75, 3.05) is 44.2 Å². The lowest BCUT2D eigenvalue weighted by Crippen LogP contribution is -2.53. The maximum absolute atomic E-state index is 13.3. The predicted molar refractivity (Wildman–Crippen MR) is 116 cm³/mol. The average molecular weight is 452 g/mol. The molecule has 2 fully saturated rings. The van der Waals surface area contributed by atoms with E-state index >= 15 is 0 Å². The Hall–Kier alpha value is -1.81. The first kappa shape index (κ1) is 21.4. The summed E-state index contributed by atoms with van der Waals surface area (Å²) < 4.78 is 36.8. The van der Waals surface area contributed by atoms with Gasteiger partial charge in [0.2, 0.25) is 5.91 Å². The second-order valence-electron chi connectivity index (χ2n) is 7.85. The summed E-state index contributed by atoms with van der Waals surface area (Å²) in [5.74, 6) is 0.252. The number of halogens is 1. The van der Waals surface area contributed by atoms with Gasteiger partial charge >= 0.3 is 0 Å². The van der Waals surface area contributed by atoms with Crippen molar-refractivity contribution in [3.05, 3.63) is 58.0 Å². The molecule has 2 saturated heterocycles. The Morgan fingerprint density at radius 1 is 1.17 bits per heavy atom. The third-order valence-electron chi connectivity index (χ3n) is 5.88. The molecule has 1 aromatic carbocycles. The van der Waals surface area contributed by atoms with Crippen molar-refractivity contribution in [2.24, 2.45) is 0 Å². The van der Waals surface area contributed by atoms with Crippen molar-refractivity contribution in [3.8, 4) is 0 Å². The van der Waals surface area contributed by atoms with Gasteiger partial charge in [0.05, 0.1) is 24.1 Å². The first-order chi connectivity index (χ1) is 14.4. The van der Waals surface area contributed by atoms with E-state index in [1.807, 2.05) is 22.4 Å². The molecule has 2 atom stereocenters. The number of amides is 1. The number of rotatable bonds is 6. The summed E-state index contributed by atoms with van der Waals surface area (Å²) in [4.78, 5) is 17.9. The van der Waals surface area contributed by atoms with Gasteiger partial charge in [0, 0.05) is 37.1 Å². The molecule has 6 nitrogen and oxygen atoms in total. The van der Waals surface area contributed by atoms with Crippen LogP contribution in [0.25, 0.3) is 0 Å². The third kappa shape index (κ3) is 5.08. The molecule has 0 bridgehead atoms. The van der Waals surface area contributed by atoms with E-state index in [0.29, 0.717) is 32.6 Å². The summed E-state index contributed by atoms with van der Waals surface area (Å²) in [7, 11) is -2.90. The van der Waals surface area contributed by atoms with Crippen LogP contribution in [-0.4, -0.2) is 74.4 Å². The molecule has 2 aliphatic heterocycles. The molecular formula is C21H26FN3O3S2. The third-order valence-corrected chi connectivity index (χ3v) is 8.57. The Labute approximate surface area is 180 Å². The molecule has 30 heavy (non-hydrogen) atoms. The summed E-state index contributed by atoms with van der Waals surface area (Å²) in [5, 5.41) is 5.32. The van der Waals surface area contributed by atoms with E-state index in [4.69, 9.17) is 0 Å². The molecule has 4 rings (SSSR count). The summed E-state index contributed by atoms with van der Waals surface area (Å²) in [6.07, 6.45) is 0.692. The number of nitrogens with one attached hydrogen (secondary N) is 1. The normalized spacial score (nSPS) is 22.8. The highest BCUT2D eigenvalue weighted by Gasteiger charge is 2.34. The Balaban J connectivity index is 1.32.